The average molecular weight is 206 g/mol. The summed E-state index contributed by atoms with van der Waals surface area (Å²) in [7, 11) is 1.50. The van der Waals surface area contributed by atoms with Crippen LogP contribution in [-0.2, 0) is 6.54 Å². The van der Waals surface area contributed by atoms with Crippen LogP contribution in [0.3, 0.4) is 0 Å². The molecule has 0 atom stereocenters. The highest BCUT2D eigenvalue weighted by atomic mass is 15.1. The van der Waals surface area contributed by atoms with Crippen molar-refractivity contribution in [2.75, 3.05) is 20.1 Å². The largest absolute Gasteiger partial charge is 0.333 e. The van der Waals surface area contributed by atoms with Crippen molar-refractivity contribution >= 4 is 0 Å². The third kappa shape index (κ3) is 4.02. The molecule has 1 aliphatic rings. The molecule has 1 fully saturated rings. The standard InChI is InChI=1S/C12H17N.CH5N/c1-11-5-4-6-12(9-11)10-13-7-2-3-8-13;1-2/h4-6,9H,2-3,7-8,10H2,1H3;2H2,1H3. The van der Waals surface area contributed by atoms with Gasteiger partial charge in [0.05, 0.1) is 0 Å². The zero-order valence-electron chi connectivity index (χ0n) is 9.87. The Morgan fingerprint density at radius 3 is 2.47 bits per heavy atom. The van der Waals surface area contributed by atoms with Gasteiger partial charge in [0, 0.05) is 6.54 Å². The van der Waals surface area contributed by atoms with Crippen LogP contribution in [0.25, 0.3) is 0 Å². The van der Waals surface area contributed by atoms with Gasteiger partial charge in [-0.3, -0.25) is 4.90 Å². The first-order valence-electron chi connectivity index (χ1n) is 5.70. The molecule has 15 heavy (non-hydrogen) atoms. The summed E-state index contributed by atoms with van der Waals surface area (Å²) in [6, 6.07) is 8.83. The number of hydrogen-bond acceptors (Lipinski definition) is 2. The molecule has 0 amide bonds. The van der Waals surface area contributed by atoms with Gasteiger partial charge in [-0.05, 0) is 45.5 Å². The molecule has 1 heterocycles. The van der Waals surface area contributed by atoms with Crippen LogP contribution in [0.15, 0.2) is 24.3 Å². The van der Waals surface area contributed by atoms with Crippen molar-refractivity contribution in [1.82, 2.24) is 4.90 Å². The van der Waals surface area contributed by atoms with E-state index >= 15 is 0 Å². The molecule has 0 spiro atoms. The highest BCUT2D eigenvalue weighted by molar-refractivity contribution is 5.22. The molecular weight excluding hydrogens is 184 g/mol. The summed E-state index contributed by atoms with van der Waals surface area (Å²) in [4.78, 5) is 2.54. The molecule has 0 aromatic heterocycles. The SMILES string of the molecule is CN.Cc1cccc(CN2CCCC2)c1. The van der Waals surface area contributed by atoms with Crippen molar-refractivity contribution in [2.45, 2.75) is 26.3 Å². The van der Waals surface area contributed by atoms with Gasteiger partial charge in [-0.25, -0.2) is 0 Å². The molecule has 0 saturated carbocycles. The molecular formula is C13H22N2. The normalized spacial score (nSPS) is 15.9. The van der Waals surface area contributed by atoms with Gasteiger partial charge < -0.3 is 5.73 Å². The predicted octanol–water partition coefficient (Wildman–Crippen LogP) is 2.17. The Hall–Kier alpha value is -0.860. The molecule has 2 N–H and O–H groups in total. The summed E-state index contributed by atoms with van der Waals surface area (Å²) in [6.07, 6.45) is 2.76. The molecule has 1 aromatic rings. The Labute approximate surface area is 93.1 Å². The van der Waals surface area contributed by atoms with Gasteiger partial charge in [0.15, 0.2) is 0 Å². The predicted molar refractivity (Wildman–Crippen MR) is 65.8 cm³/mol. The monoisotopic (exact) mass is 206 g/mol. The minimum Gasteiger partial charge on any atom is -0.333 e. The molecule has 1 aromatic carbocycles. The van der Waals surface area contributed by atoms with E-state index in [1.165, 1.54) is 44.1 Å². The Kier molecular flexibility index (Phi) is 5.37. The van der Waals surface area contributed by atoms with Crippen LogP contribution in [0.4, 0.5) is 0 Å². The lowest BCUT2D eigenvalue weighted by Crippen LogP contribution is -2.18. The fraction of sp³-hybridized carbons (Fsp3) is 0.538. The van der Waals surface area contributed by atoms with Crippen molar-refractivity contribution in [3.8, 4) is 0 Å². The molecule has 0 bridgehead atoms. The molecule has 84 valence electrons. The van der Waals surface area contributed by atoms with Crippen molar-refractivity contribution in [3.63, 3.8) is 0 Å². The van der Waals surface area contributed by atoms with E-state index in [0.717, 1.165) is 6.54 Å². The van der Waals surface area contributed by atoms with Gasteiger partial charge in [0.1, 0.15) is 0 Å². The topological polar surface area (TPSA) is 29.3 Å². The number of aryl methyl sites for hydroxylation is 1. The summed E-state index contributed by atoms with van der Waals surface area (Å²) in [5.74, 6) is 0. The summed E-state index contributed by atoms with van der Waals surface area (Å²) >= 11 is 0. The molecule has 2 rings (SSSR count). The van der Waals surface area contributed by atoms with Crippen LogP contribution in [0.1, 0.15) is 24.0 Å². The number of likely N-dealkylation sites (tertiary alicyclic amines) is 1. The third-order valence-corrected chi connectivity index (χ3v) is 2.69. The number of benzene rings is 1. The molecule has 2 heteroatoms. The highest BCUT2D eigenvalue weighted by Crippen LogP contribution is 2.13. The zero-order chi connectivity index (χ0) is 11.1. The van der Waals surface area contributed by atoms with Gasteiger partial charge in [0.25, 0.3) is 0 Å². The van der Waals surface area contributed by atoms with E-state index in [4.69, 9.17) is 0 Å². The van der Waals surface area contributed by atoms with Crippen molar-refractivity contribution in [3.05, 3.63) is 35.4 Å². The fourth-order valence-corrected chi connectivity index (χ4v) is 2.01. The van der Waals surface area contributed by atoms with Crippen LogP contribution < -0.4 is 5.73 Å². The molecule has 1 saturated heterocycles. The van der Waals surface area contributed by atoms with E-state index < -0.39 is 0 Å². The Bertz CT molecular complexity index is 278. The fourth-order valence-electron chi connectivity index (χ4n) is 2.01. The number of nitrogens with zero attached hydrogens (tertiary/aromatic N) is 1. The van der Waals surface area contributed by atoms with E-state index in [9.17, 15) is 0 Å². The van der Waals surface area contributed by atoms with Crippen LogP contribution in [0, 0.1) is 6.92 Å². The van der Waals surface area contributed by atoms with Crippen LogP contribution >= 0.6 is 0 Å². The average Bonchev–Trinajstić information content (AvgIpc) is 2.74. The van der Waals surface area contributed by atoms with E-state index in [1.54, 1.807) is 0 Å². The van der Waals surface area contributed by atoms with Gasteiger partial charge in [-0.1, -0.05) is 29.8 Å². The zero-order valence-corrected chi connectivity index (χ0v) is 9.87. The second-order valence-corrected chi connectivity index (χ2v) is 3.97. The van der Waals surface area contributed by atoms with Crippen molar-refractivity contribution < 1.29 is 0 Å². The lowest BCUT2D eigenvalue weighted by Gasteiger charge is -2.14. The molecule has 0 unspecified atom stereocenters. The second kappa shape index (κ2) is 6.59. The number of hydrogen-bond donors (Lipinski definition) is 1. The quantitative estimate of drug-likeness (QED) is 0.803. The van der Waals surface area contributed by atoms with Gasteiger partial charge >= 0.3 is 0 Å². The first-order valence-corrected chi connectivity index (χ1v) is 5.70. The van der Waals surface area contributed by atoms with E-state index in [1.807, 2.05) is 0 Å². The molecule has 0 aliphatic carbocycles. The van der Waals surface area contributed by atoms with Crippen LogP contribution in [-0.4, -0.2) is 25.0 Å². The highest BCUT2D eigenvalue weighted by Gasteiger charge is 2.11. The van der Waals surface area contributed by atoms with Crippen molar-refractivity contribution in [1.29, 1.82) is 0 Å². The van der Waals surface area contributed by atoms with Gasteiger partial charge in [-0.2, -0.15) is 0 Å². The third-order valence-electron chi connectivity index (χ3n) is 2.69. The van der Waals surface area contributed by atoms with E-state index in [0.29, 0.717) is 0 Å². The molecule has 2 nitrogen and oxygen atoms in total. The maximum Gasteiger partial charge on any atom is 0.0233 e. The second-order valence-electron chi connectivity index (χ2n) is 3.97. The van der Waals surface area contributed by atoms with Crippen LogP contribution in [0.5, 0.6) is 0 Å². The summed E-state index contributed by atoms with van der Waals surface area (Å²) in [6.45, 7) is 5.87. The molecule has 0 radical (unpaired) electrons. The minimum atomic E-state index is 1.14. The van der Waals surface area contributed by atoms with Crippen LogP contribution in [0.2, 0.25) is 0 Å². The molecule has 1 aliphatic heterocycles. The first kappa shape index (κ1) is 12.2. The summed E-state index contributed by atoms with van der Waals surface area (Å²) < 4.78 is 0. The first-order chi connectivity index (χ1) is 7.34. The maximum absolute atomic E-state index is 4.50. The Morgan fingerprint density at radius 1 is 1.20 bits per heavy atom. The lowest BCUT2D eigenvalue weighted by atomic mass is 10.1. The number of rotatable bonds is 2. The van der Waals surface area contributed by atoms with E-state index in [2.05, 4.69) is 41.8 Å². The Morgan fingerprint density at radius 2 is 1.87 bits per heavy atom. The number of nitrogens with two attached hydrogens (primary N) is 1. The summed E-state index contributed by atoms with van der Waals surface area (Å²) in [5, 5.41) is 0. The van der Waals surface area contributed by atoms with Gasteiger partial charge in [0.2, 0.25) is 0 Å². The van der Waals surface area contributed by atoms with Crippen molar-refractivity contribution in [2.24, 2.45) is 5.73 Å². The lowest BCUT2D eigenvalue weighted by molar-refractivity contribution is 0.331. The maximum atomic E-state index is 4.50. The van der Waals surface area contributed by atoms with Gasteiger partial charge in [-0.15, -0.1) is 0 Å². The summed E-state index contributed by atoms with van der Waals surface area (Å²) in [5.41, 5.74) is 7.33. The van der Waals surface area contributed by atoms with E-state index in [-0.39, 0.29) is 0 Å². The smallest absolute Gasteiger partial charge is 0.0233 e. The minimum absolute atomic E-state index is 1.14. The Balaban J connectivity index is 0.000000531.